The Morgan fingerprint density at radius 1 is 1.16 bits per heavy atom. The smallest absolute Gasteiger partial charge is 0.142 e. The van der Waals surface area contributed by atoms with E-state index in [-0.39, 0.29) is 5.82 Å². The Balaban J connectivity index is 2.46. The average molecular weight is 324 g/mol. The van der Waals surface area contributed by atoms with Crippen LogP contribution in [0.2, 0.25) is 0 Å². The fourth-order valence-corrected chi connectivity index (χ4v) is 2.47. The summed E-state index contributed by atoms with van der Waals surface area (Å²) in [4.78, 5) is 1.99. The quantitative estimate of drug-likeness (QED) is 0.768. The Bertz CT molecular complexity index is 574. The minimum Gasteiger partial charge on any atom is -0.495 e. The highest BCUT2D eigenvalue weighted by atomic mass is 79.9. The van der Waals surface area contributed by atoms with Crippen LogP contribution in [0.25, 0.3) is 0 Å². The summed E-state index contributed by atoms with van der Waals surface area (Å²) in [6.07, 6.45) is 0. The van der Waals surface area contributed by atoms with Crippen LogP contribution in [0, 0.1) is 5.82 Å². The van der Waals surface area contributed by atoms with Crippen LogP contribution in [-0.2, 0) is 5.33 Å². The second kappa shape index (κ2) is 6.06. The van der Waals surface area contributed by atoms with E-state index in [4.69, 9.17) is 4.74 Å². The number of para-hydroxylation sites is 2. The SMILES string of the molecule is COc1ccccc1N(C)c1ccc(F)cc1CBr. The van der Waals surface area contributed by atoms with Crippen molar-refractivity contribution in [2.24, 2.45) is 0 Å². The summed E-state index contributed by atoms with van der Waals surface area (Å²) < 4.78 is 18.6. The molecule has 0 aliphatic carbocycles. The molecule has 4 heteroatoms. The molecule has 0 aliphatic rings. The number of hydrogen-bond donors (Lipinski definition) is 0. The second-order valence-electron chi connectivity index (χ2n) is 4.14. The van der Waals surface area contributed by atoms with E-state index in [0.29, 0.717) is 5.33 Å². The van der Waals surface area contributed by atoms with Crippen LogP contribution in [0.15, 0.2) is 42.5 Å². The summed E-state index contributed by atoms with van der Waals surface area (Å²) >= 11 is 3.39. The van der Waals surface area contributed by atoms with Crippen molar-refractivity contribution in [1.82, 2.24) is 0 Å². The first kappa shape index (κ1) is 13.9. The van der Waals surface area contributed by atoms with Crippen LogP contribution < -0.4 is 9.64 Å². The molecule has 0 unspecified atom stereocenters. The first-order valence-corrected chi connectivity index (χ1v) is 7.00. The van der Waals surface area contributed by atoms with Crippen LogP contribution in [0.5, 0.6) is 5.75 Å². The second-order valence-corrected chi connectivity index (χ2v) is 4.70. The van der Waals surface area contributed by atoms with Crippen molar-refractivity contribution in [2.45, 2.75) is 5.33 Å². The molecular formula is C15H15BrFNO. The molecule has 0 atom stereocenters. The van der Waals surface area contributed by atoms with Crippen molar-refractivity contribution in [3.8, 4) is 5.75 Å². The van der Waals surface area contributed by atoms with E-state index in [0.717, 1.165) is 22.7 Å². The number of halogens is 2. The monoisotopic (exact) mass is 323 g/mol. The molecule has 2 aromatic rings. The molecule has 0 aromatic heterocycles. The Hall–Kier alpha value is -1.55. The van der Waals surface area contributed by atoms with E-state index in [1.54, 1.807) is 13.2 Å². The molecule has 0 amide bonds. The maximum atomic E-state index is 13.3. The van der Waals surface area contributed by atoms with Gasteiger partial charge in [0.15, 0.2) is 0 Å². The van der Waals surface area contributed by atoms with Crippen LogP contribution in [0.3, 0.4) is 0 Å². The van der Waals surface area contributed by atoms with Gasteiger partial charge in [-0.3, -0.25) is 0 Å². The molecule has 0 saturated heterocycles. The minimum absolute atomic E-state index is 0.230. The van der Waals surface area contributed by atoms with E-state index in [1.165, 1.54) is 12.1 Å². The van der Waals surface area contributed by atoms with Gasteiger partial charge in [-0.15, -0.1) is 0 Å². The molecule has 0 spiro atoms. The number of rotatable bonds is 4. The summed E-state index contributed by atoms with van der Waals surface area (Å²) in [6, 6.07) is 12.5. The first-order valence-electron chi connectivity index (χ1n) is 5.88. The largest absolute Gasteiger partial charge is 0.495 e. The molecule has 0 aliphatic heterocycles. The highest BCUT2D eigenvalue weighted by Gasteiger charge is 2.13. The van der Waals surface area contributed by atoms with Crippen molar-refractivity contribution in [3.63, 3.8) is 0 Å². The number of benzene rings is 2. The standard InChI is InChI=1S/C15H15BrFNO/c1-18(14-5-3-4-6-15(14)19-2)13-8-7-12(17)9-11(13)10-16/h3-9H,10H2,1-2H3. The summed E-state index contributed by atoms with van der Waals surface area (Å²) in [5.74, 6) is 0.557. The van der Waals surface area contributed by atoms with Crippen molar-refractivity contribution in [2.75, 3.05) is 19.1 Å². The minimum atomic E-state index is -0.230. The van der Waals surface area contributed by atoms with Gasteiger partial charge in [-0.05, 0) is 35.9 Å². The maximum absolute atomic E-state index is 13.3. The number of hydrogen-bond acceptors (Lipinski definition) is 2. The van der Waals surface area contributed by atoms with Gasteiger partial charge in [0.1, 0.15) is 11.6 Å². The van der Waals surface area contributed by atoms with E-state index >= 15 is 0 Å². The normalized spacial score (nSPS) is 10.3. The zero-order chi connectivity index (χ0) is 13.8. The van der Waals surface area contributed by atoms with E-state index < -0.39 is 0 Å². The van der Waals surface area contributed by atoms with Gasteiger partial charge in [0.05, 0.1) is 12.8 Å². The molecule has 19 heavy (non-hydrogen) atoms. The third-order valence-electron chi connectivity index (χ3n) is 2.99. The highest BCUT2D eigenvalue weighted by Crippen LogP contribution is 2.34. The fourth-order valence-electron chi connectivity index (χ4n) is 2.02. The fraction of sp³-hybridized carbons (Fsp3) is 0.200. The molecule has 0 heterocycles. The molecule has 0 radical (unpaired) electrons. The van der Waals surface area contributed by atoms with Gasteiger partial charge < -0.3 is 9.64 Å². The van der Waals surface area contributed by atoms with Crippen LogP contribution >= 0.6 is 15.9 Å². The summed E-state index contributed by atoms with van der Waals surface area (Å²) in [7, 11) is 3.58. The molecule has 2 rings (SSSR count). The zero-order valence-electron chi connectivity index (χ0n) is 10.9. The Kier molecular flexibility index (Phi) is 4.43. The Labute approximate surface area is 120 Å². The predicted molar refractivity (Wildman–Crippen MR) is 80.1 cm³/mol. The van der Waals surface area contributed by atoms with Gasteiger partial charge in [0, 0.05) is 18.1 Å². The third-order valence-corrected chi connectivity index (χ3v) is 3.60. The van der Waals surface area contributed by atoms with Crippen LogP contribution in [0.1, 0.15) is 5.56 Å². The molecular weight excluding hydrogens is 309 g/mol. The van der Waals surface area contributed by atoms with Gasteiger partial charge in [0.25, 0.3) is 0 Å². The zero-order valence-corrected chi connectivity index (χ0v) is 12.4. The van der Waals surface area contributed by atoms with Crippen LogP contribution in [0.4, 0.5) is 15.8 Å². The van der Waals surface area contributed by atoms with Gasteiger partial charge in [-0.1, -0.05) is 28.1 Å². The molecule has 2 aromatic carbocycles. The highest BCUT2D eigenvalue weighted by molar-refractivity contribution is 9.08. The number of nitrogens with zero attached hydrogens (tertiary/aromatic N) is 1. The lowest BCUT2D eigenvalue weighted by Gasteiger charge is -2.24. The molecule has 100 valence electrons. The topological polar surface area (TPSA) is 12.5 Å². The molecule has 0 N–H and O–H groups in total. The van der Waals surface area contributed by atoms with Gasteiger partial charge in [-0.2, -0.15) is 0 Å². The van der Waals surface area contributed by atoms with Crippen molar-refractivity contribution in [1.29, 1.82) is 0 Å². The lowest BCUT2D eigenvalue weighted by Crippen LogP contribution is -2.12. The van der Waals surface area contributed by atoms with E-state index in [9.17, 15) is 4.39 Å². The Morgan fingerprint density at radius 3 is 2.58 bits per heavy atom. The number of methoxy groups -OCH3 is 1. The molecule has 0 saturated carbocycles. The van der Waals surface area contributed by atoms with Crippen molar-refractivity contribution in [3.05, 3.63) is 53.8 Å². The predicted octanol–water partition coefficient (Wildman–Crippen LogP) is 4.50. The molecule has 0 bridgehead atoms. The summed E-state index contributed by atoms with van der Waals surface area (Å²) in [6.45, 7) is 0. The third kappa shape index (κ3) is 2.89. The maximum Gasteiger partial charge on any atom is 0.142 e. The molecule has 0 fully saturated rings. The molecule has 2 nitrogen and oxygen atoms in total. The average Bonchev–Trinajstić information content (AvgIpc) is 2.46. The lowest BCUT2D eigenvalue weighted by atomic mass is 10.1. The Morgan fingerprint density at radius 2 is 1.89 bits per heavy atom. The van der Waals surface area contributed by atoms with Gasteiger partial charge in [0.2, 0.25) is 0 Å². The summed E-state index contributed by atoms with van der Waals surface area (Å²) in [5.41, 5.74) is 2.79. The number of ether oxygens (including phenoxy) is 1. The number of alkyl halides is 1. The van der Waals surface area contributed by atoms with Crippen LogP contribution in [-0.4, -0.2) is 14.2 Å². The lowest BCUT2D eigenvalue weighted by molar-refractivity contribution is 0.415. The van der Waals surface area contributed by atoms with Gasteiger partial charge >= 0.3 is 0 Å². The van der Waals surface area contributed by atoms with Gasteiger partial charge in [-0.25, -0.2) is 4.39 Å². The van der Waals surface area contributed by atoms with E-state index in [1.807, 2.05) is 36.2 Å². The van der Waals surface area contributed by atoms with E-state index in [2.05, 4.69) is 15.9 Å². The van der Waals surface area contributed by atoms with Crippen molar-refractivity contribution < 1.29 is 9.13 Å². The summed E-state index contributed by atoms with van der Waals surface area (Å²) in [5, 5.41) is 0.597. The van der Waals surface area contributed by atoms with Crippen molar-refractivity contribution >= 4 is 27.3 Å². The first-order chi connectivity index (χ1) is 9.17. The number of anilines is 2.